The first-order valence-electron chi connectivity index (χ1n) is 11.3. The average molecular weight is 553 g/mol. The number of hydrogen-bond acceptors (Lipinski definition) is 7. The highest BCUT2D eigenvalue weighted by molar-refractivity contribution is 6.33. The van der Waals surface area contributed by atoms with E-state index < -0.39 is 5.95 Å². The first kappa shape index (κ1) is 24.1. The molecule has 5 aromatic heterocycles. The Morgan fingerprint density at radius 2 is 1.79 bits per heavy atom. The number of pyridine rings is 1. The Kier molecular flexibility index (Phi) is 5.88. The lowest BCUT2D eigenvalue weighted by Gasteiger charge is -2.14. The van der Waals surface area contributed by atoms with Gasteiger partial charge in [0.15, 0.2) is 22.8 Å². The lowest BCUT2D eigenvalue weighted by atomic mass is 10.1. The zero-order valence-electron chi connectivity index (χ0n) is 20.3. The number of nitrogens with one attached hydrogen (secondary N) is 1. The molecule has 0 radical (unpaired) electrons. The van der Waals surface area contributed by atoms with Crippen LogP contribution >= 0.6 is 23.2 Å². The molecule has 0 fully saturated rings. The van der Waals surface area contributed by atoms with Crippen molar-refractivity contribution >= 4 is 40.0 Å². The maximum Gasteiger partial charge on any atom is 0.238 e. The van der Waals surface area contributed by atoms with Crippen molar-refractivity contribution in [2.45, 2.75) is 6.42 Å². The van der Waals surface area contributed by atoms with Gasteiger partial charge < -0.3 is 14.5 Å². The second-order valence-electron chi connectivity index (χ2n) is 8.42. The minimum atomic E-state index is -0.741. The van der Waals surface area contributed by atoms with Crippen LogP contribution in [0.3, 0.4) is 0 Å². The Balaban J connectivity index is 1.56. The van der Waals surface area contributed by atoms with Crippen molar-refractivity contribution in [3.63, 3.8) is 0 Å². The van der Waals surface area contributed by atoms with Crippen LogP contribution in [0.25, 0.3) is 39.5 Å². The molecule has 0 aliphatic carbocycles. The molecule has 6 aromatic rings. The number of aromatic nitrogens is 8. The van der Waals surface area contributed by atoms with Crippen LogP contribution < -0.4 is 9.47 Å². The zero-order valence-corrected chi connectivity index (χ0v) is 21.8. The molecule has 0 saturated carbocycles. The largest absolute Gasteiger partial charge is 0.493 e. The summed E-state index contributed by atoms with van der Waals surface area (Å²) in [6.07, 6.45) is 3.66. The third-order valence-electron chi connectivity index (χ3n) is 6.12. The molecule has 0 amide bonds. The van der Waals surface area contributed by atoms with E-state index in [9.17, 15) is 0 Å². The molecule has 0 saturated heterocycles. The summed E-state index contributed by atoms with van der Waals surface area (Å²) in [5.41, 5.74) is 3.68. The second kappa shape index (κ2) is 9.26. The molecule has 13 heteroatoms. The summed E-state index contributed by atoms with van der Waals surface area (Å²) in [6.45, 7) is 0. The smallest absolute Gasteiger partial charge is 0.238 e. The van der Waals surface area contributed by atoms with Gasteiger partial charge in [0.2, 0.25) is 5.95 Å². The van der Waals surface area contributed by atoms with E-state index in [-0.39, 0.29) is 10.7 Å². The Bertz CT molecular complexity index is 1840. The quantitative estimate of drug-likeness (QED) is 0.285. The topological polar surface area (TPSA) is 108 Å². The van der Waals surface area contributed by atoms with Gasteiger partial charge in [-0.05, 0) is 24.3 Å². The number of benzene rings is 1. The molecule has 1 N–H and O–H groups in total. The summed E-state index contributed by atoms with van der Waals surface area (Å²) in [6, 6.07) is 8.42. The third-order valence-corrected chi connectivity index (χ3v) is 6.64. The van der Waals surface area contributed by atoms with Gasteiger partial charge in [0.05, 0.1) is 36.1 Å². The van der Waals surface area contributed by atoms with Crippen LogP contribution in [0.1, 0.15) is 11.5 Å². The van der Waals surface area contributed by atoms with Crippen LogP contribution in [-0.2, 0) is 13.5 Å². The fourth-order valence-corrected chi connectivity index (χ4v) is 4.77. The van der Waals surface area contributed by atoms with Gasteiger partial charge in [-0.2, -0.15) is 9.49 Å². The molecule has 0 atom stereocenters. The number of hydrogen-bond donors (Lipinski definition) is 1. The van der Waals surface area contributed by atoms with Crippen LogP contribution in [0.2, 0.25) is 10.2 Å². The van der Waals surface area contributed by atoms with E-state index >= 15 is 4.39 Å². The molecule has 0 aliphatic rings. The first-order valence-corrected chi connectivity index (χ1v) is 12.1. The molecule has 6 rings (SSSR count). The van der Waals surface area contributed by atoms with E-state index in [0.29, 0.717) is 62.8 Å². The highest BCUT2D eigenvalue weighted by Gasteiger charge is 2.24. The van der Waals surface area contributed by atoms with Crippen LogP contribution in [0, 0.1) is 5.95 Å². The Hall–Kier alpha value is -4.22. The number of aromatic amines is 1. The minimum absolute atomic E-state index is 0.119. The van der Waals surface area contributed by atoms with E-state index in [1.165, 1.54) is 14.2 Å². The number of aryl methyl sites for hydroxylation is 1. The van der Waals surface area contributed by atoms with Crippen molar-refractivity contribution in [1.82, 2.24) is 39.1 Å². The van der Waals surface area contributed by atoms with Crippen molar-refractivity contribution in [2.75, 3.05) is 14.2 Å². The molecule has 0 unspecified atom stereocenters. The average Bonchev–Trinajstić information content (AvgIpc) is 3.61. The lowest BCUT2D eigenvalue weighted by Crippen LogP contribution is -2.05. The number of H-pyrrole nitrogens is 1. The number of fused-ring (bicyclic) bond motifs is 2. The number of nitrogens with zero attached hydrogens (tertiary/aromatic N) is 7. The van der Waals surface area contributed by atoms with Gasteiger partial charge in [-0.25, -0.2) is 19.9 Å². The molecule has 1 aromatic carbocycles. The normalized spacial score (nSPS) is 11.5. The van der Waals surface area contributed by atoms with Gasteiger partial charge in [-0.1, -0.05) is 23.2 Å². The van der Waals surface area contributed by atoms with Crippen LogP contribution in [0.5, 0.6) is 11.5 Å². The highest BCUT2D eigenvalue weighted by atomic mass is 35.5. The highest BCUT2D eigenvalue weighted by Crippen LogP contribution is 2.40. The van der Waals surface area contributed by atoms with Crippen molar-refractivity contribution in [1.29, 1.82) is 0 Å². The number of methoxy groups -OCH3 is 2. The fourth-order valence-electron chi connectivity index (χ4n) is 4.38. The molecule has 192 valence electrons. The summed E-state index contributed by atoms with van der Waals surface area (Å²) < 4.78 is 29.8. The minimum Gasteiger partial charge on any atom is -0.493 e. The van der Waals surface area contributed by atoms with Gasteiger partial charge in [0.1, 0.15) is 22.4 Å². The molecule has 38 heavy (non-hydrogen) atoms. The van der Waals surface area contributed by atoms with Gasteiger partial charge in [0, 0.05) is 37.5 Å². The van der Waals surface area contributed by atoms with E-state index in [4.69, 9.17) is 37.7 Å². The van der Waals surface area contributed by atoms with Gasteiger partial charge in [0.25, 0.3) is 0 Å². The summed E-state index contributed by atoms with van der Waals surface area (Å²) in [7, 11) is 4.75. The summed E-state index contributed by atoms with van der Waals surface area (Å²) in [4.78, 5) is 21.1. The number of ether oxygens (including phenoxy) is 2. The molecular formula is C25H19Cl2FN8O2. The predicted octanol–water partition coefficient (Wildman–Crippen LogP) is 5.12. The van der Waals surface area contributed by atoms with E-state index in [1.807, 2.05) is 6.07 Å². The second-order valence-corrected chi connectivity index (χ2v) is 9.21. The maximum absolute atomic E-state index is 15.8. The summed E-state index contributed by atoms with van der Waals surface area (Å²) in [5.74, 6) is 0.694. The van der Waals surface area contributed by atoms with Gasteiger partial charge in [-0.15, -0.1) is 0 Å². The van der Waals surface area contributed by atoms with Crippen LogP contribution in [0.4, 0.5) is 4.39 Å². The monoisotopic (exact) mass is 552 g/mol. The van der Waals surface area contributed by atoms with E-state index in [2.05, 4.69) is 25.0 Å². The molecular weight excluding hydrogens is 534 g/mol. The Morgan fingerprint density at radius 1 is 1.00 bits per heavy atom. The zero-order chi connectivity index (χ0) is 26.6. The Labute approximate surface area is 225 Å². The standard InChI is InChI=1S/C25H19Cl2FN8O2/c1-35-16(6-7-29-35)21-25-30-12(8-20-31-15-4-5-19(27)32-24(15)33-20)11-36(25)22(23(28)34-21)13-9-17(37-2)18(38-3)10-14(13)26/h4-7,9-11H,8H2,1-3H3,(H,31,32,33). The van der Waals surface area contributed by atoms with Gasteiger partial charge in [-0.3, -0.25) is 9.08 Å². The number of imidazole rings is 2. The summed E-state index contributed by atoms with van der Waals surface area (Å²) in [5, 5.41) is 4.81. The summed E-state index contributed by atoms with van der Waals surface area (Å²) >= 11 is 12.6. The number of rotatable bonds is 6. The van der Waals surface area contributed by atoms with Crippen molar-refractivity contribution < 1.29 is 13.9 Å². The van der Waals surface area contributed by atoms with Crippen molar-refractivity contribution in [2.24, 2.45) is 7.05 Å². The lowest BCUT2D eigenvalue weighted by molar-refractivity contribution is 0.355. The van der Waals surface area contributed by atoms with Crippen LogP contribution in [0.15, 0.2) is 42.7 Å². The maximum atomic E-state index is 15.8. The molecule has 0 bridgehead atoms. The SMILES string of the molecule is COc1cc(Cl)c(-c2c(F)nc(-c3ccnn3C)c3nc(Cc4nc5nc(Cl)ccc5[nH]4)cn23)cc1OC. The molecule has 0 spiro atoms. The molecule has 5 heterocycles. The first-order chi connectivity index (χ1) is 18.4. The molecule has 0 aliphatic heterocycles. The number of halogens is 3. The van der Waals surface area contributed by atoms with Crippen molar-refractivity contribution in [3.8, 4) is 34.1 Å². The van der Waals surface area contributed by atoms with Gasteiger partial charge >= 0.3 is 0 Å². The third kappa shape index (κ3) is 4.00. The van der Waals surface area contributed by atoms with E-state index in [0.717, 1.165) is 5.52 Å². The van der Waals surface area contributed by atoms with Crippen molar-refractivity contribution in [3.05, 3.63) is 70.4 Å². The van der Waals surface area contributed by atoms with Crippen LogP contribution in [-0.4, -0.2) is 53.3 Å². The Morgan fingerprint density at radius 3 is 2.53 bits per heavy atom. The van der Waals surface area contributed by atoms with E-state index in [1.54, 1.807) is 52.8 Å². The molecule has 10 nitrogen and oxygen atoms in total. The fraction of sp³-hybridized carbons (Fsp3) is 0.160. The predicted molar refractivity (Wildman–Crippen MR) is 140 cm³/mol.